The number of nitrogen functional groups attached to an aromatic ring is 1. The largest absolute Gasteiger partial charge is 0.375 e. The smallest absolute Gasteiger partial charge is 0.255 e. The first-order valence-corrected chi connectivity index (χ1v) is 6.67. The van der Waals surface area contributed by atoms with E-state index in [9.17, 15) is 9.18 Å². The minimum absolute atomic E-state index is 0.154. The van der Waals surface area contributed by atoms with Crippen LogP contribution in [0, 0.1) is 5.82 Å². The maximum absolute atomic E-state index is 13.5. The molecule has 0 saturated carbocycles. The molecular formula is C14H10FN3OS. The fraction of sp³-hybridized carbons (Fsp3) is 0. The van der Waals surface area contributed by atoms with Gasteiger partial charge in [0, 0.05) is 5.56 Å². The molecule has 0 saturated heterocycles. The van der Waals surface area contributed by atoms with Crippen molar-refractivity contribution in [3.8, 4) is 0 Å². The van der Waals surface area contributed by atoms with Gasteiger partial charge in [-0.05, 0) is 30.3 Å². The summed E-state index contributed by atoms with van der Waals surface area (Å²) in [6, 6.07) is 11.1. The molecule has 1 heterocycles. The minimum Gasteiger partial charge on any atom is -0.375 e. The molecule has 1 amide bonds. The Balaban J connectivity index is 1.90. The molecule has 0 unspecified atom stereocenters. The first kappa shape index (κ1) is 12.6. The number of aromatic nitrogens is 1. The number of hydrogen-bond acceptors (Lipinski definition) is 4. The van der Waals surface area contributed by atoms with Gasteiger partial charge in [-0.2, -0.15) is 0 Å². The van der Waals surface area contributed by atoms with Crippen LogP contribution in [-0.2, 0) is 0 Å². The second kappa shape index (κ2) is 4.90. The van der Waals surface area contributed by atoms with Gasteiger partial charge >= 0.3 is 0 Å². The molecule has 4 nitrogen and oxygen atoms in total. The van der Waals surface area contributed by atoms with Gasteiger partial charge < -0.3 is 11.1 Å². The molecule has 0 aliphatic carbocycles. The zero-order valence-corrected chi connectivity index (χ0v) is 11.1. The van der Waals surface area contributed by atoms with Gasteiger partial charge in [0.15, 0.2) is 5.13 Å². The van der Waals surface area contributed by atoms with E-state index in [0.29, 0.717) is 10.7 Å². The van der Waals surface area contributed by atoms with E-state index in [4.69, 9.17) is 5.73 Å². The number of rotatable bonds is 2. The van der Waals surface area contributed by atoms with Gasteiger partial charge in [-0.15, -0.1) is 0 Å². The van der Waals surface area contributed by atoms with E-state index in [0.717, 1.165) is 10.2 Å². The Morgan fingerprint density at radius 2 is 2.05 bits per heavy atom. The lowest BCUT2D eigenvalue weighted by Gasteiger charge is -2.06. The van der Waals surface area contributed by atoms with Gasteiger partial charge in [-0.25, -0.2) is 9.37 Å². The molecule has 3 N–H and O–H groups in total. The third-order valence-corrected chi connectivity index (χ3v) is 3.64. The van der Waals surface area contributed by atoms with E-state index in [1.54, 1.807) is 30.3 Å². The Kier molecular flexibility index (Phi) is 3.08. The molecule has 0 aliphatic rings. The first-order chi connectivity index (χ1) is 9.63. The van der Waals surface area contributed by atoms with E-state index in [-0.39, 0.29) is 11.6 Å². The molecule has 2 aromatic carbocycles. The quantitative estimate of drug-likeness (QED) is 0.760. The number of nitrogens with two attached hydrogens (primary N) is 1. The van der Waals surface area contributed by atoms with Gasteiger partial charge in [0.1, 0.15) is 5.82 Å². The van der Waals surface area contributed by atoms with Crippen LogP contribution in [0.3, 0.4) is 0 Å². The molecule has 3 aromatic rings. The molecule has 0 spiro atoms. The number of nitrogens with one attached hydrogen (secondary N) is 1. The van der Waals surface area contributed by atoms with Crippen LogP contribution in [0.5, 0.6) is 0 Å². The van der Waals surface area contributed by atoms with Crippen LogP contribution in [-0.4, -0.2) is 10.9 Å². The second-order valence-corrected chi connectivity index (χ2v) is 5.23. The normalized spacial score (nSPS) is 10.7. The zero-order chi connectivity index (χ0) is 14.1. The minimum atomic E-state index is -0.469. The van der Waals surface area contributed by atoms with Crippen molar-refractivity contribution in [3.63, 3.8) is 0 Å². The second-order valence-electron chi connectivity index (χ2n) is 4.17. The summed E-state index contributed by atoms with van der Waals surface area (Å²) in [6.07, 6.45) is 0. The summed E-state index contributed by atoms with van der Waals surface area (Å²) in [5.41, 5.74) is 6.95. The number of hydrogen-bond donors (Lipinski definition) is 2. The summed E-state index contributed by atoms with van der Waals surface area (Å²) in [5, 5.41) is 2.99. The number of benzene rings is 2. The Hall–Kier alpha value is -2.47. The summed E-state index contributed by atoms with van der Waals surface area (Å²) < 4.78 is 14.3. The Labute approximate surface area is 118 Å². The maximum atomic E-state index is 13.5. The van der Waals surface area contributed by atoms with Crippen LogP contribution in [0.1, 0.15) is 10.4 Å². The standard InChI is InChI=1S/C14H10FN3OS/c15-9-3-1-2-4-10(9)17-13(19)8-5-6-11-12(7-8)20-14(16)18-11/h1-7H,(H2,16,18)(H,17,19). The van der Waals surface area contributed by atoms with E-state index in [1.165, 1.54) is 23.5 Å². The Morgan fingerprint density at radius 1 is 1.25 bits per heavy atom. The number of halogens is 1. The van der Waals surface area contributed by atoms with Crippen LogP contribution in [0.15, 0.2) is 42.5 Å². The van der Waals surface area contributed by atoms with E-state index in [2.05, 4.69) is 10.3 Å². The van der Waals surface area contributed by atoms with Gasteiger partial charge in [0.05, 0.1) is 15.9 Å². The number of fused-ring (bicyclic) bond motifs is 1. The number of para-hydroxylation sites is 1. The van der Waals surface area contributed by atoms with Crippen molar-refractivity contribution in [2.75, 3.05) is 11.1 Å². The zero-order valence-electron chi connectivity index (χ0n) is 10.3. The number of anilines is 2. The molecule has 0 atom stereocenters. The first-order valence-electron chi connectivity index (χ1n) is 5.85. The lowest BCUT2D eigenvalue weighted by Crippen LogP contribution is -2.12. The SMILES string of the molecule is Nc1nc2ccc(C(=O)Nc3ccccc3F)cc2s1. The van der Waals surface area contributed by atoms with Crippen molar-refractivity contribution in [2.24, 2.45) is 0 Å². The molecule has 3 rings (SSSR count). The highest BCUT2D eigenvalue weighted by atomic mass is 32.1. The highest BCUT2D eigenvalue weighted by Crippen LogP contribution is 2.25. The molecule has 1 aromatic heterocycles. The van der Waals surface area contributed by atoms with Crippen LogP contribution in [0.4, 0.5) is 15.2 Å². The maximum Gasteiger partial charge on any atom is 0.255 e. The van der Waals surface area contributed by atoms with Crippen LogP contribution < -0.4 is 11.1 Å². The number of carbonyl (C=O) groups excluding carboxylic acids is 1. The third kappa shape index (κ3) is 2.33. The number of nitrogens with zero attached hydrogens (tertiary/aromatic N) is 1. The molecule has 0 radical (unpaired) electrons. The van der Waals surface area contributed by atoms with E-state index < -0.39 is 5.82 Å². The topological polar surface area (TPSA) is 68.0 Å². The summed E-state index contributed by atoms with van der Waals surface area (Å²) in [6.45, 7) is 0. The number of thiazole rings is 1. The van der Waals surface area contributed by atoms with Crippen molar-refractivity contribution in [1.29, 1.82) is 0 Å². The average molecular weight is 287 g/mol. The monoisotopic (exact) mass is 287 g/mol. The lowest BCUT2D eigenvalue weighted by molar-refractivity contribution is 0.102. The van der Waals surface area contributed by atoms with Crippen LogP contribution in [0.25, 0.3) is 10.2 Å². The van der Waals surface area contributed by atoms with Crippen molar-refractivity contribution >= 4 is 38.3 Å². The molecule has 0 aliphatic heterocycles. The van der Waals surface area contributed by atoms with Gasteiger partial charge in [0.2, 0.25) is 0 Å². The predicted octanol–water partition coefficient (Wildman–Crippen LogP) is 3.27. The molecule has 20 heavy (non-hydrogen) atoms. The third-order valence-electron chi connectivity index (χ3n) is 2.79. The molecule has 0 fully saturated rings. The Bertz CT molecular complexity index is 800. The summed E-state index contributed by atoms with van der Waals surface area (Å²) in [4.78, 5) is 16.2. The van der Waals surface area contributed by atoms with Crippen molar-refractivity contribution < 1.29 is 9.18 Å². The summed E-state index contributed by atoms with van der Waals surface area (Å²) in [5.74, 6) is -0.840. The molecule has 6 heteroatoms. The van der Waals surface area contributed by atoms with Crippen molar-refractivity contribution in [3.05, 3.63) is 53.8 Å². The summed E-state index contributed by atoms with van der Waals surface area (Å²) >= 11 is 1.31. The summed E-state index contributed by atoms with van der Waals surface area (Å²) in [7, 11) is 0. The lowest BCUT2D eigenvalue weighted by atomic mass is 10.2. The highest BCUT2D eigenvalue weighted by Gasteiger charge is 2.10. The fourth-order valence-electron chi connectivity index (χ4n) is 1.84. The molecule has 0 bridgehead atoms. The van der Waals surface area contributed by atoms with Gasteiger partial charge in [-0.1, -0.05) is 23.5 Å². The van der Waals surface area contributed by atoms with Gasteiger partial charge in [-0.3, -0.25) is 4.79 Å². The number of carbonyl (C=O) groups is 1. The van der Waals surface area contributed by atoms with Crippen LogP contribution >= 0.6 is 11.3 Å². The van der Waals surface area contributed by atoms with E-state index in [1.807, 2.05) is 0 Å². The van der Waals surface area contributed by atoms with Crippen LogP contribution in [0.2, 0.25) is 0 Å². The molecular weight excluding hydrogens is 277 g/mol. The van der Waals surface area contributed by atoms with E-state index >= 15 is 0 Å². The average Bonchev–Trinajstić information content (AvgIpc) is 2.80. The highest BCUT2D eigenvalue weighted by molar-refractivity contribution is 7.22. The van der Waals surface area contributed by atoms with Gasteiger partial charge in [0.25, 0.3) is 5.91 Å². The van der Waals surface area contributed by atoms with Crippen molar-refractivity contribution in [1.82, 2.24) is 4.98 Å². The Morgan fingerprint density at radius 3 is 2.85 bits per heavy atom. The van der Waals surface area contributed by atoms with Crippen molar-refractivity contribution in [2.45, 2.75) is 0 Å². The number of amides is 1. The fourth-order valence-corrected chi connectivity index (χ4v) is 2.61. The molecule has 100 valence electrons. The predicted molar refractivity (Wildman–Crippen MR) is 78.4 cm³/mol.